The zero-order valence-corrected chi connectivity index (χ0v) is 13.4. The Morgan fingerprint density at radius 1 is 1.17 bits per heavy atom. The maximum atomic E-state index is 12.4. The number of hydrogen-bond acceptors (Lipinski definition) is 4. The molecule has 1 spiro atoms. The second-order valence-electron chi connectivity index (χ2n) is 6.97. The minimum Gasteiger partial charge on any atom is -0.445 e. The molecule has 0 radical (unpaired) electrons. The summed E-state index contributed by atoms with van der Waals surface area (Å²) in [4.78, 5) is 14.0. The lowest BCUT2D eigenvalue weighted by Gasteiger charge is -2.32. The van der Waals surface area contributed by atoms with Crippen LogP contribution in [0.5, 0.6) is 0 Å². The van der Waals surface area contributed by atoms with E-state index in [2.05, 4.69) is 0 Å². The monoisotopic (exact) mass is 319 g/mol. The molecule has 23 heavy (non-hydrogen) atoms. The van der Waals surface area contributed by atoms with Gasteiger partial charge >= 0.3 is 6.09 Å². The van der Waals surface area contributed by atoms with Crippen LogP contribution in [0.1, 0.15) is 37.7 Å². The average Bonchev–Trinajstić information content (AvgIpc) is 2.95. The van der Waals surface area contributed by atoms with Gasteiger partial charge in [0.05, 0.1) is 18.8 Å². The maximum Gasteiger partial charge on any atom is 0.410 e. The Hall–Kier alpha value is -1.59. The molecule has 3 rings (SSSR count). The molecule has 1 saturated carbocycles. The van der Waals surface area contributed by atoms with Crippen LogP contribution in [0.4, 0.5) is 4.79 Å². The fourth-order valence-electron chi connectivity index (χ4n) is 3.90. The van der Waals surface area contributed by atoms with Gasteiger partial charge < -0.3 is 19.8 Å². The molecule has 0 unspecified atom stereocenters. The summed E-state index contributed by atoms with van der Waals surface area (Å²) >= 11 is 0. The smallest absolute Gasteiger partial charge is 0.410 e. The van der Waals surface area contributed by atoms with Gasteiger partial charge in [-0.1, -0.05) is 43.2 Å². The molecule has 1 aliphatic heterocycles. The summed E-state index contributed by atoms with van der Waals surface area (Å²) in [7, 11) is 0. The fraction of sp³-hybridized carbons (Fsp3) is 0.611. The Labute approximate surface area is 136 Å². The summed E-state index contributed by atoms with van der Waals surface area (Å²) in [5.74, 6) is 0. The van der Waals surface area contributed by atoms with Crippen molar-refractivity contribution in [1.82, 2.24) is 4.90 Å². The van der Waals surface area contributed by atoms with Crippen LogP contribution in [0.3, 0.4) is 0 Å². The number of aliphatic hydroxyl groups excluding tert-OH is 2. The molecule has 2 fully saturated rings. The molecule has 126 valence electrons. The van der Waals surface area contributed by atoms with Crippen molar-refractivity contribution in [3.05, 3.63) is 35.9 Å². The van der Waals surface area contributed by atoms with Gasteiger partial charge in [-0.3, -0.25) is 0 Å². The van der Waals surface area contributed by atoms with Crippen LogP contribution in [0.2, 0.25) is 0 Å². The van der Waals surface area contributed by atoms with E-state index in [1.807, 2.05) is 30.3 Å². The Morgan fingerprint density at radius 3 is 2.57 bits per heavy atom. The molecule has 1 aromatic rings. The normalized spacial score (nSPS) is 27.0. The van der Waals surface area contributed by atoms with E-state index in [0.717, 1.165) is 31.2 Å². The van der Waals surface area contributed by atoms with Gasteiger partial charge in [0, 0.05) is 6.54 Å². The standard InChI is InChI=1S/C18H25NO4/c20-15-10-18(8-4-5-9-18)13-19(11-16(15)21)17(22)23-12-14-6-2-1-3-7-14/h1-3,6-7,15-16,20-21H,4-5,8-13H2/t15-,16+/m1/s1. The first-order chi connectivity index (χ1) is 11.1. The van der Waals surface area contributed by atoms with Crippen molar-refractivity contribution >= 4 is 6.09 Å². The number of ether oxygens (including phenoxy) is 1. The van der Waals surface area contributed by atoms with Gasteiger partial charge in [0.25, 0.3) is 0 Å². The number of amides is 1. The van der Waals surface area contributed by atoms with Gasteiger partial charge in [-0.05, 0) is 30.2 Å². The first kappa shape index (κ1) is 16.3. The fourth-order valence-corrected chi connectivity index (χ4v) is 3.90. The van der Waals surface area contributed by atoms with Gasteiger partial charge in [-0.25, -0.2) is 4.79 Å². The van der Waals surface area contributed by atoms with E-state index < -0.39 is 18.3 Å². The molecule has 0 aromatic heterocycles. The molecule has 5 heteroatoms. The molecule has 2 atom stereocenters. The number of benzene rings is 1. The highest BCUT2D eigenvalue weighted by atomic mass is 16.6. The molecule has 1 saturated heterocycles. The van der Waals surface area contributed by atoms with E-state index in [0.29, 0.717) is 13.0 Å². The van der Waals surface area contributed by atoms with Crippen LogP contribution in [-0.4, -0.2) is 46.5 Å². The van der Waals surface area contributed by atoms with E-state index in [1.165, 1.54) is 0 Å². The molecule has 5 nitrogen and oxygen atoms in total. The van der Waals surface area contributed by atoms with Crippen LogP contribution in [0, 0.1) is 5.41 Å². The van der Waals surface area contributed by atoms with Gasteiger partial charge in [-0.15, -0.1) is 0 Å². The van der Waals surface area contributed by atoms with Gasteiger partial charge in [0.15, 0.2) is 0 Å². The summed E-state index contributed by atoms with van der Waals surface area (Å²) in [6.07, 6.45) is 2.73. The maximum absolute atomic E-state index is 12.4. The molecular weight excluding hydrogens is 294 g/mol. The van der Waals surface area contributed by atoms with Crippen LogP contribution in [0.25, 0.3) is 0 Å². The Balaban J connectivity index is 1.65. The number of carbonyl (C=O) groups excluding carboxylic acids is 1. The van der Waals surface area contributed by atoms with Crippen molar-refractivity contribution < 1.29 is 19.7 Å². The topological polar surface area (TPSA) is 70.0 Å². The second-order valence-corrected chi connectivity index (χ2v) is 6.97. The van der Waals surface area contributed by atoms with Crippen LogP contribution in [0.15, 0.2) is 30.3 Å². The third-order valence-corrected chi connectivity index (χ3v) is 5.15. The molecule has 1 amide bonds. The number of aliphatic hydroxyl groups is 2. The zero-order valence-electron chi connectivity index (χ0n) is 13.4. The summed E-state index contributed by atoms with van der Waals surface area (Å²) in [6, 6.07) is 9.55. The van der Waals surface area contributed by atoms with Crippen LogP contribution in [-0.2, 0) is 11.3 Å². The predicted octanol–water partition coefficient (Wildman–Crippen LogP) is 2.31. The Kier molecular flexibility index (Phi) is 4.87. The molecule has 1 aromatic carbocycles. The lowest BCUT2D eigenvalue weighted by molar-refractivity contribution is 0.000503. The van der Waals surface area contributed by atoms with E-state index in [1.54, 1.807) is 4.90 Å². The molecular formula is C18H25NO4. The zero-order chi connectivity index (χ0) is 16.3. The van der Waals surface area contributed by atoms with Gasteiger partial charge in [-0.2, -0.15) is 0 Å². The Bertz CT molecular complexity index is 527. The minimum atomic E-state index is -0.903. The lowest BCUT2D eigenvalue weighted by atomic mass is 9.80. The van der Waals surface area contributed by atoms with Crippen molar-refractivity contribution in [2.45, 2.75) is 50.9 Å². The number of hydrogen-bond donors (Lipinski definition) is 2. The predicted molar refractivity (Wildman–Crippen MR) is 85.7 cm³/mol. The van der Waals surface area contributed by atoms with Gasteiger partial charge in [0.2, 0.25) is 0 Å². The van der Waals surface area contributed by atoms with E-state index in [4.69, 9.17) is 4.74 Å². The van der Waals surface area contributed by atoms with E-state index in [9.17, 15) is 15.0 Å². The summed E-state index contributed by atoms with van der Waals surface area (Å²) in [5, 5.41) is 20.3. The molecule has 2 N–H and O–H groups in total. The largest absolute Gasteiger partial charge is 0.445 e. The summed E-state index contributed by atoms with van der Waals surface area (Å²) < 4.78 is 5.40. The number of likely N-dealkylation sites (tertiary alicyclic amines) is 1. The van der Waals surface area contributed by atoms with Crippen molar-refractivity contribution in [3.63, 3.8) is 0 Å². The van der Waals surface area contributed by atoms with Crippen molar-refractivity contribution in [1.29, 1.82) is 0 Å². The van der Waals surface area contributed by atoms with Crippen molar-refractivity contribution in [3.8, 4) is 0 Å². The van der Waals surface area contributed by atoms with E-state index in [-0.39, 0.29) is 18.6 Å². The van der Waals surface area contributed by atoms with E-state index >= 15 is 0 Å². The molecule has 1 aliphatic carbocycles. The van der Waals surface area contributed by atoms with Gasteiger partial charge in [0.1, 0.15) is 6.61 Å². The highest BCUT2D eigenvalue weighted by molar-refractivity contribution is 5.67. The molecule has 1 heterocycles. The highest BCUT2D eigenvalue weighted by Gasteiger charge is 2.43. The summed E-state index contributed by atoms with van der Waals surface area (Å²) in [6.45, 7) is 0.924. The van der Waals surface area contributed by atoms with Crippen molar-refractivity contribution in [2.75, 3.05) is 13.1 Å². The Morgan fingerprint density at radius 2 is 1.87 bits per heavy atom. The average molecular weight is 319 g/mol. The molecule has 0 bridgehead atoms. The number of carbonyl (C=O) groups is 1. The third kappa shape index (κ3) is 3.85. The summed E-state index contributed by atoms with van der Waals surface area (Å²) in [5.41, 5.74) is 0.870. The second kappa shape index (κ2) is 6.89. The number of nitrogens with zero attached hydrogens (tertiary/aromatic N) is 1. The van der Waals surface area contributed by atoms with Crippen LogP contribution >= 0.6 is 0 Å². The third-order valence-electron chi connectivity index (χ3n) is 5.15. The first-order valence-corrected chi connectivity index (χ1v) is 8.40. The molecule has 2 aliphatic rings. The highest BCUT2D eigenvalue weighted by Crippen LogP contribution is 2.44. The quantitative estimate of drug-likeness (QED) is 0.877. The first-order valence-electron chi connectivity index (χ1n) is 8.40. The number of β-amino-alcohol motifs (C(OH)–C–C–N with tert-alkyl or cyclic N) is 1. The van der Waals surface area contributed by atoms with Crippen LogP contribution < -0.4 is 0 Å². The van der Waals surface area contributed by atoms with Crippen molar-refractivity contribution in [2.24, 2.45) is 5.41 Å². The SMILES string of the molecule is O=C(OCc1ccccc1)N1C[C@H](O)[C@H](O)CC2(CCCC2)C1. The minimum absolute atomic E-state index is 0.0668. The number of rotatable bonds is 2. The lowest BCUT2D eigenvalue weighted by Crippen LogP contribution is -2.41.